The molecule has 0 bridgehead atoms. The predicted octanol–water partition coefficient (Wildman–Crippen LogP) is 2.47. The Hall–Kier alpha value is -2.34. The molecule has 1 fully saturated rings. The van der Waals surface area contributed by atoms with Crippen LogP contribution in [0.3, 0.4) is 0 Å². The molecule has 2 heterocycles. The van der Waals surface area contributed by atoms with E-state index in [4.69, 9.17) is 5.73 Å². The van der Waals surface area contributed by atoms with Crippen LogP contribution in [0.5, 0.6) is 0 Å². The van der Waals surface area contributed by atoms with Gasteiger partial charge in [0.05, 0.1) is 6.42 Å². The van der Waals surface area contributed by atoms with Crippen molar-refractivity contribution in [1.82, 2.24) is 10.2 Å². The smallest absolute Gasteiger partial charge is 0.226 e. The van der Waals surface area contributed by atoms with Crippen LogP contribution < -0.4 is 11.1 Å². The van der Waals surface area contributed by atoms with E-state index in [0.717, 1.165) is 24.8 Å². The molecule has 5 nitrogen and oxygen atoms in total. The normalized spacial score (nSPS) is 15.0. The first-order chi connectivity index (χ1) is 12.6. The first-order valence-corrected chi connectivity index (χ1v) is 9.92. The fraction of sp³-hybridized carbons (Fsp3) is 0.400. The number of carbonyl (C=O) groups excluding carboxylic acids is 2. The number of piperidine rings is 1. The fourth-order valence-corrected chi connectivity index (χ4v) is 3.93. The molecule has 2 amide bonds. The second-order valence-electron chi connectivity index (χ2n) is 6.69. The fourth-order valence-electron chi connectivity index (χ4n) is 3.22. The number of rotatable bonds is 6. The Morgan fingerprint density at radius 1 is 1.15 bits per heavy atom. The van der Waals surface area contributed by atoms with E-state index < -0.39 is 0 Å². The number of nitrogen functional groups attached to an aromatic ring is 1. The van der Waals surface area contributed by atoms with Crippen LogP contribution in [0.15, 0.2) is 41.8 Å². The molecule has 0 spiro atoms. The van der Waals surface area contributed by atoms with Gasteiger partial charge in [-0.15, -0.1) is 11.3 Å². The Kier molecular flexibility index (Phi) is 6.28. The minimum Gasteiger partial charge on any atom is -0.399 e. The van der Waals surface area contributed by atoms with E-state index in [2.05, 4.69) is 11.4 Å². The number of hydrogen-bond acceptors (Lipinski definition) is 4. The summed E-state index contributed by atoms with van der Waals surface area (Å²) in [6, 6.07) is 11.5. The van der Waals surface area contributed by atoms with Crippen LogP contribution in [0.2, 0.25) is 0 Å². The molecule has 6 heteroatoms. The summed E-state index contributed by atoms with van der Waals surface area (Å²) < 4.78 is 0. The molecule has 26 heavy (non-hydrogen) atoms. The summed E-state index contributed by atoms with van der Waals surface area (Å²) in [6.45, 7) is 1.98. The third kappa shape index (κ3) is 5.08. The molecular weight excluding hydrogens is 346 g/mol. The maximum atomic E-state index is 12.4. The molecule has 3 rings (SSSR count). The molecule has 0 unspecified atom stereocenters. The molecule has 2 aromatic rings. The SMILES string of the molecule is Nc1ccc(CC(=O)N2CCC(C(=O)NCCc3cccs3)CC2)cc1. The summed E-state index contributed by atoms with van der Waals surface area (Å²) >= 11 is 1.71. The lowest BCUT2D eigenvalue weighted by molar-refractivity contribution is -0.135. The van der Waals surface area contributed by atoms with Gasteiger partial charge in [-0.25, -0.2) is 0 Å². The topological polar surface area (TPSA) is 75.4 Å². The van der Waals surface area contributed by atoms with Gasteiger partial charge >= 0.3 is 0 Å². The van der Waals surface area contributed by atoms with Crippen molar-refractivity contribution in [2.45, 2.75) is 25.7 Å². The van der Waals surface area contributed by atoms with Gasteiger partial charge in [-0.2, -0.15) is 0 Å². The Morgan fingerprint density at radius 2 is 1.88 bits per heavy atom. The van der Waals surface area contributed by atoms with Crippen LogP contribution in [0, 0.1) is 5.92 Å². The van der Waals surface area contributed by atoms with E-state index >= 15 is 0 Å². The van der Waals surface area contributed by atoms with Gasteiger partial charge in [0.25, 0.3) is 0 Å². The largest absolute Gasteiger partial charge is 0.399 e. The molecule has 1 aliphatic rings. The van der Waals surface area contributed by atoms with Crippen LogP contribution in [-0.2, 0) is 22.4 Å². The summed E-state index contributed by atoms with van der Waals surface area (Å²) in [5.74, 6) is 0.248. The average Bonchev–Trinajstić information content (AvgIpc) is 3.17. The van der Waals surface area contributed by atoms with Crippen LogP contribution >= 0.6 is 11.3 Å². The van der Waals surface area contributed by atoms with Crippen molar-refractivity contribution in [3.63, 3.8) is 0 Å². The monoisotopic (exact) mass is 371 g/mol. The lowest BCUT2D eigenvalue weighted by Crippen LogP contribution is -2.43. The number of anilines is 1. The molecule has 0 radical (unpaired) electrons. The second kappa shape index (κ2) is 8.85. The molecule has 0 atom stereocenters. The highest BCUT2D eigenvalue weighted by Crippen LogP contribution is 2.19. The van der Waals surface area contributed by atoms with Gasteiger partial charge in [0.15, 0.2) is 0 Å². The first-order valence-electron chi connectivity index (χ1n) is 9.04. The molecule has 3 N–H and O–H groups in total. The van der Waals surface area contributed by atoms with E-state index in [-0.39, 0.29) is 17.7 Å². The summed E-state index contributed by atoms with van der Waals surface area (Å²) in [4.78, 5) is 27.9. The van der Waals surface area contributed by atoms with Gasteiger partial charge < -0.3 is 16.0 Å². The van der Waals surface area contributed by atoms with Gasteiger partial charge in [0.1, 0.15) is 0 Å². The number of thiophene rings is 1. The molecule has 138 valence electrons. The van der Waals surface area contributed by atoms with Gasteiger partial charge in [0, 0.05) is 36.1 Å². The number of hydrogen-bond donors (Lipinski definition) is 2. The predicted molar refractivity (Wildman–Crippen MR) is 105 cm³/mol. The van der Waals surface area contributed by atoms with Crippen LogP contribution in [-0.4, -0.2) is 36.3 Å². The Morgan fingerprint density at radius 3 is 2.54 bits per heavy atom. The Balaban J connectivity index is 1.39. The Labute approximate surface area is 158 Å². The molecule has 1 aromatic carbocycles. The first kappa shape index (κ1) is 18.5. The highest BCUT2D eigenvalue weighted by atomic mass is 32.1. The highest BCUT2D eigenvalue weighted by molar-refractivity contribution is 7.09. The Bertz CT molecular complexity index is 720. The molecule has 1 aromatic heterocycles. The van der Waals surface area contributed by atoms with Gasteiger partial charge in [-0.3, -0.25) is 9.59 Å². The van der Waals surface area contributed by atoms with Crippen molar-refractivity contribution >= 4 is 28.8 Å². The molecule has 0 aliphatic carbocycles. The molecular formula is C20H25N3O2S. The third-order valence-corrected chi connectivity index (χ3v) is 5.74. The maximum absolute atomic E-state index is 12.4. The van der Waals surface area contributed by atoms with Crippen molar-refractivity contribution in [2.24, 2.45) is 5.92 Å². The van der Waals surface area contributed by atoms with E-state index in [1.54, 1.807) is 11.3 Å². The van der Waals surface area contributed by atoms with Crippen LogP contribution in [0.25, 0.3) is 0 Å². The number of carbonyl (C=O) groups is 2. The third-order valence-electron chi connectivity index (χ3n) is 4.80. The molecule has 0 saturated carbocycles. The van der Waals surface area contributed by atoms with Crippen molar-refractivity contribution < 1.29 is 9.59 Å². The van der Waals surface area contributed by atoms with Gasteiger partial charge in [0.2, 0.25) is 11.8 Å². The van der Waals surface area contributed by atoms with Crippen LogP contribution in [0.4, 0.5) is 5.69 Å². The number of nitrogens with one attached hydrogen (secondary N) is 1. The lowest BCUT2D eigenvalue weighted by atomic mass is 9.95. The van der Waals surface area contributed by atoms with Gasteiger partial charge in [-0.1, -0.05) is 18.2 Å². The minimum absolute atomic E-state index is 0.0129. The van der Waals surface area contributed by atoms with Crippen molar-refractivity contribution in [3.8, 4) is 0 Å². The summed E-state index contributed by atoms with van der Waals surface area (Å²) in [5.41, 5.74) is 7.34. The molecule has 1 saturated heterocycles. The number of amides is 2. The molecule has 1 aliphatic heterocycles. The average molecular weight is 372 g/mol. The number of nitrogens with two attached hydrogens (primary N) is 1. The maximum Gasteiger partial charge on any atom is 0.226 e. The summed E-state index contributed by atoms with van der Waals surface area (Å²) in [5, 5.41) is 5.08. The number of likely N-dealkylation sites (tertiary alicyclic amines) is 1. The summed E-state index contributed by atoms with van der Waals surface area (Å²) in [6.07, 6.45) is 2.73. The van der Waals surface area contributed by atoms with E-state index in [1.165, 1.54) is 4.88 Å². The van der Waals surface area contributed by atoms with Gasteiger partial charge in [-0.05, 0) is 48.4 Å². The number of nitrogens with zero attached hydrogens (tertiary/aromatic N) is 1. The van der Waals surface area contributed by atoms with Crippen LogP contribution in [0.1, 0.15) is 23.3 Å². The van der Waals surface area contributed by atoms with Crippen molar-refractivity contribution in [3.05, 3.63) is 52.2 Å². The zero-order valence-electron chi connectivity index (χ0n) is 14.8. The van der Waals surface area contributed by atoms with E-state index in [0.29, 0.717) is 31.7 Å². The van der Waals surface area contributed by atoms with E-state index in [9.17, 15) is 9.59 Å². The highest BCUT2D eigenvalue weighted by Gasteiger charge is 2.27. The zero-order chi connectivity index (χ0) is 18.4. The second-order valence-corrected chi connectivity index (χ2v) is 7.73. The van der Waals surface area contributed by atoms with Crippen molar-refractivity contribution in [1.29, 1.82) is 0 Å². The standard InChI is InChI=1S/C20H25N3O2S/c21-17-5-3-15(4-6-17)14-19(24)23-11-8-16(9-12-23)20(25)22-10-7-18-2-1-13-26-18/h1-6,13,16H,7-12,14,21H2,(H,22,25). The minimum atomic E-state index is 0.0129. The van der Waals surface area contributed by atoms with E-state index in [1.807, 2.05) is 40.6 Å². The lowest BCUT2D eigenvalue weighted by Gasteiger charge is -2.31. The number of benzene rings is 1. The summed E-state index contributed by atoms with van der Waals surface area (Å²) in [7, 11) is 0. The quantitative estimate of drug-likeness (QED) is 0.766. The zero-order valence-corrected chi connectivity index (χ0v) is 15.6. The van der Waals surface area contributed by atoms with Crippen molar-refractivity contribution in [2.75, 3.05) is 25.4 Å².